The average molecular weight is 489 g/mol. The molecule has 0 aromatic heterocycles. The van der Waals surface area contributed by atoms with Gasteiger partial charge in [0.15, 0.2) is 0 Å². The van der Waals surface area contributed by atoms with Crippen molar-refractivity contribution in [1.29, 1.82) is 0 Å². The number of benzene rings is 2. The van der Waals surface area contributed by atoms with Crippen LogP contribution in [0, 0.1) is 0 Å². The summed E-state index contributed by atoms with van der Waals surface area (Å²) < 4.78 is 10.5. The molecule has 0 bridgehead atoms. The van der Waals surface area contributed by atoms with E-state index in [1.165, 1.54) is 14.2 Å². The Labute approximate surface area is 196 Å². The predicted molar refractivity (Wildman–Crippen MR) is 125 cm³/mol. The first kappa shape index (κ1) is 25.1. The van der Waals surface area contributed by atoms with Gasteiger partial charge in [-0.2, -0.15) is 0 Å². The van der Waals surface area contributed by atoms with E-state index in [1.807, 2.05) is 6.92 Å². The maximum atomic E-state index is 12.6. The second-order valence-corrected chi connectivity index (χ2v) is 7.87. The van der Waals surface area contributed by atoms with E-state index in [0.29, 0.717) is 44.5 Å². The summed E-state index contributed by atoms with van der Waals surface area (Å²) in [5, 5.41) is 6.65. The van der Waals surface area contributed by atoms with Gasteiger partial charge in [0.05, 0.1) is 48.7 Å². The fourth-order valence-corrected chi connectivity index (χ4v) is 3.56. The summed E-state index contributed by atoms with van der Waals surface area (Å²) in [5.41, 5.74) is 0.863. The van der Waals surface area contributed by atoms with Crippen molar-refractivity contribution < 1.29 is 19.1 Å². The first-order valence-electron chi connectivity index (χ1n) is 9.46. The van der Waals surface area contributed by atoms with Crippen molar-refractivity contribution in [3.05, 3.63) is 45.4 Å². The van der Waals surface area contributed by atoms with Gasteiger partial charge in [-0.3, -0.25) is 14.5 Å². The quantitative estimate of drug-likeness (QED) is 0.494. The number of hydrogen-bond donors (Lipinski definition) is 2. The van der Waals surface area contributed by atoms with E-state index in [-0.39, 0.29) is 24.9 Å². The Morgan fingerprint density at radius 2 is 1.48 bits per heavy atom. The number of methoxy groups -OCH3 is 2. The molecule has 2 amide bonds. The molecule has 0 spiro atoms. The molecule has 0 unspecified atom stereocenters. The molecular formula is C21H24Cl3N3O4. The Balaban J connectivity index is 2.03. The SMILES string of the molecule is CCCN(CC(=O)Nc1ccc(Cl)cc1Cl)CC(=O)Nc1cc(Cl)c(OC)cc1OC. The molecule has 168 valence electrons. The standard InChI is InChI=1S/C21H24Cl3N3O4/c1-4-7-27(11-20(28)25-16-6-5-13(22)8-14(16)23)12-21(29)26-17-9-15(24)18(30-2)10-19(17)31-3/h5-6,8-10H,4,7,11-12H2,1-3H3,(H,25,28)(H,26,29). The summed E-state index contributed by atoms with van der Waals surface area (Å²) in [6.07, 6.45) is 0.764. The number of nitrogens with one attached hydrogen (secondary N) is 2. The van der Waals surface area contributed by atoms with E-state index in [0.717, 1.165) is 6.42 Å². The van der Waals surface area contributed by atoms with Gasteiger partial charge in [-0.05, 0) is 37.2 Å². The van der Waals surface area contributed by atoms with E-state index in [4.69, 9.17) is 44.3 Å². The molecule has 2 aromatic carbocycles. The van der Waals surface area contributed by atoms with Crippen LogP contribution >= 0.6 is 34.8 Å². The van der Waals surface area contributed by atoms with Gasteiger partial charge in [0.2, 0.25) is 11.8 Å². The van der Waals surface area contributed by atoms with E-state index in [1.54, 1.807) is 35.2 Å². The van der Waals surface area contributed by atoms with Crippen LogP contribution in [0.4, 0.5) is 11.4 Å². The topological polar surface area (TPSA) is 79.9 Å². The van der Waals surface area contributed by atoms with Crippen LogP contribution in [0.5, 0.6) is 11.5 Å². The summed E-state index contributed by atoms with van der Waals surface area (Å²) in [6, 6.07) is 7.94. The lowest BCUT2D eigenvalue weighted by molar-refractivity contribution is -0.120. The lowest BCUT2D eigenvalue weighted by Crippen LogP contribution is -2.39. The zero-order valence-electron chi connectivity index (χ0n) is 17.4. The van der Waals surface area contributed by atoms with Crippen LogP contribution in [-0.2, 0) is 9.59 Å². The normalized spacial score (nSPS) is 10.7. The number of amides is 2. The van der Waals surface area contributed by atoms with Crippen LogP contribution in [0.15, 0.2) is 30.3 Å². The molecule has 2 rings (SSSR count). The highest BCUT2D eigenvalue weighted by molar-refractivity contribution is 6.36. The summed E-state index contributed by atoms with van der Waals surface area (Å²) in [6.45, 7) is 2.53. The van der Waals surface area contributed by atoms with Gasteiger partial charge < -0.3 is 20.1 Å². The Morgan fingerprint density at radius 1 is 0.871 bits per heavy atom. The molecule has 0 radical (unpaired) electrons. The molecule has 0 atom stereocenters. The minimum Gasteiger partial charge on any atom is -0.495 e. The van der Waals surface area contributed by atoms with Crippen molar-refractivity contribution >= 4 is 58.0 Å². The molecular weight excluding hydrogens is 465 g/mol. The number of hydrogen-bond acceptors (Lipinski definition) is 5. The van der Waals surface area contributed by atoms with Crippen molar-refractivity contribution in [2.75, 3.05) is 44.5 Å². The number of carbonyl (C=O) groups excluding carboxylic acids is 2. The second kappa shape index (κ2) is 12.0. The summed E-state index contributed by atoms with van der Waals surface area (Å²) in [7, 11) is 2.97. The van der Waals surface area contributed by atoms with E-state index < -0.39 is 0 Å². The number of halogens is 3. The molecule has 0 aliphatic carbocycles. The highest BCUT2D eigenvalue weighted by Crippen LogP contribution is 2.35. The largest absolute Gasteiger partial charge is 0.495 e. The van der Waals surface area contributed by atoms with Gasteiger partial charge >= 0.3 is 0 Å². The third-order valence-corrected chi connectivity index (χ3v) is 5.07. The zero-order valence-corrected chi connectivity index (χ0v) is 19.7. The van der Waals surface area contributed by atoms with Gasteiger partial charge in [-0.1, -0.05) is 41.7 Å². The maximum absolute atomic E-state index is 12.6. The summed E-state index contributed by atoms with van der Waals surface area (Å²) >= 11 is 18.1. The van der Waals surface area contributed by atoms with E-state index in [9.17, 15) is 9.59 Å². The fourth-order valence-electron chi connectivity index (χ4n) is 2.86. The molecule has 0 heterocycles. The summed E-state index contributed by atoms with van der Waals surface area (Å²) in [4.78, 5) is 26.8. The average Bonchev–Trinajstić information content (AvgIpc) is 2.70. The van der Waals surface area contributed by atoms with Crippen LogP contribution in [0.1, 0.15) is 13.3 Å². The van der Waals surface area contributed by atoms with Crippen molar-refractivity contribution in [3.63, 3.8) is 0 Å². The Kier molecular flexibility index (Phi) is 9.71. The molecule has 2 N–H and O–H groups in total. The number of rotatable bonds is 10. The molecule has 7 nitrogen and oxygen atoms in total. The molecule has 0 aliphatic rings. The molecule has 31 heavy (non-hydrogen) atoms. The Hall–Kier alpha value is -2.19. The van der Waals surface area contributed by atoms with Crippen LogP contribution in [0.3, 0.4) is 0 Å². The molecule has 0 fully saturated rings. The third kappa shape index (κ3) is 7.47. The number of anilines is 2. The monoisotopic (exact) mass is 487 g/mol. The lowest BCUT2D eigenvalue weighted by atomic mass is 10.2. The van der Waals surface area contributed by atoms with Crippen molar-refractivity contribution in [2.45, 2.75) is 13.3 Å². The maximum Gasteiger partial charge on any atom is 0.238 e. The van der Waals surface area contributed by atoms with Gasteiger partial charge in [-0.15, -0.1) is 0 Å². The highest BCUT2D eigenvalue weighted by Gasteiger charge is 2.17. The Bertz CT molecular complexity index is 940. The second-order valence-electron chi connectivity index (χ2n) is 6.62. The van der Waals surface area contributed by atoms with Crippen LogP contribution in [-0.4, -0.2) is 50.6 Å². The number of carbonyl (C=O) groups is 2. The van der Waals surface area contributed by atoms with Crippen molar-refractivity contribution in [2.24, 2.45) is 0 Å². The molecule has 0 saturated carbocycles. The highest BCUT2D eigenvalue weighted by atomic mass is 35.5. The van der Waals surface area contributed by atoms with Crippen molar-refractivity contribution in [3.8, 4) is 11.5 Å². The summed E-state index contributed by atoms with van der Waals surface area (Å²) in [5.74, 6) is 0.231. The number of nitrogens with zero attached hydrogens (tertiary/aromatic N) is 1. The molecule has 0 aliphatic heterocycles. The first-order chi connectivity index (χ1) is 14.8. The smallest absolute Gasteiger partial charge is 0.238 e. The molecule has 0 saturated heterocycles. The van der Waals surface area contributed by atoms with Crippen molar-refractivity contribution in [1.82, 2.24) is 4.90 Å². The fraction of sp³-hybridized carbons (Fsp3) is 0.333. The van der Waals surface area contributed by atoms with Crippen LogP contribution in [0.2, 0.25) is 15.1 Å². The first-order valence-corrected chi connectivity index (χ1v) is 10.6. The van der Waals surface area contributed by atoms with E-state index >= 15 is 0 Å². The van der Waals surface area contributed by atoms with Gasteiger partial charge in [-0.25, -0.2) is 0 Å². The molecule has 2 aromatic rings. The van der Waals surface area contributed by atoms with Gasteiger partial charge in [0.25, 0.3) is 0 Å². The van der Waals surface area contributed by atoms with Gasteiger partial charge in [0, 0.05) is 11.1 Å². The predicted octanol–water partition coefficient (Wildman–Crippen LogP) is 4.95. The lowest BCUT2D eigenvalue weighted by Gasteiger charge is -2.21. The third-order valence-electron chi connectivity index (χ3n) is 4.23. The Morgan fingerprint density at radius 3 is 2.03 bits per heavy atom. The van der Waals surface area contributed by atoms with Crippen LogP contribution < -0.4 is 20.1 Å². The van der Waals surface area contributed by atoms with Crippen LogP contribution in [0.25, 0.3) is 0 Å². The molecule has 10 heteroatoms. The van der Waals surface area contributed by atoms with Gasteiger partial charge in [0.1, 0.15) is 11.5 Å². The zero-order chi connectivity index (χ0) is 23.0. The van der Waals surface area contributed by atoms with E-state index in [2.05, 4.69) is 10.6 Å². The minimum absolute atomic E-state index is 0.00239. The minimum atomic E-state index is -0.315. The number of ether oxygens (including phenoxy) is 2.